The van der Waals surface area contributed by atoms with E-state index in [0.29, 0.717) is 39.6 Å². The third-order valence-corrected chi connectivity index (χ3v) is 13.6. The maximum Gasteiger partial charge on any atom is 0.293 e. The number of hydrogen-bond acceptors (Lipinski definition) is 13. The number of imide groups is 2. The molecule has 9 rings (SSSR count). The summed E-state index contributed by atoms with van der Waals surface area (Å²) in [4.78, 5) is 90.8. The van der Waals surface area contributed by atoms with Crippen LogP contribution in [0.5, 0.6) is 5.75 Å². The van der Waals surface area contributed by atoms with Crippen molar-refractivity contribution in [2.45, 2.75) is 101 Å². The maximum absolute atomic E-state index is 13.4. The van der Waals surface area contributed by atoms with Crippen molar-refractivity contribution in [2.24, 2.45) is 0 Å². The Balaban J connectivity index is 0.745. The minimum absolute atomic E-state index is 0.0871. The van der Waals surface area contributed by atoms with Gasteiger partial charge in [-0.15, -0.1) is 0 Å². The number of hydrogen-bond donors (Lipinski definition) is 3. The van der Waals surface area contributed by atoms with Gasteiger partial charge in [-0.1, -0.05) is 17.7 Å². The fraction of sp³-hybridized carbons (Fsp3) is 0.478. The summed E-state index contributed by atoms with van der Waals surface area (Å²) in [6, 6.07) is 12.1. The van der Waals surface area contributed by atoms with Crippen LogP contribution in [0.3, 0.4) is 0 Å². The summed E-state index contributed by atoms with van der Waals surface area (Å²) in [5.41, 5.74) is 2.82. The van der Waals surface area contributed by atoms with Gasteiger partial charge in [-0.05, 0) is 107 Å². The maximum atomic E-state index is 13.4. The Bertz CT molecular complexity index is 2580. The van der Waals surface area contributed by atoms with Crippen LogP contribution in [0.4, 0.5) is 17.5 Å². The first kappa shape index (κ1) is 43.3. The molecule has 5 amide bonds. The van der Waals surface area contributed by atoms with E-state index in [1.54, 1.807) is 22.9 Å². The van der Waals surface area contributed by atoms with Crippen molar-refractivity contribution in [2.75, 3.05) is 50.1 Å². The highest BCUT2D eigenvalue weighted by molar-refractivity contribution is 6.33. The Morgan fingerprint density at radius 3 is 2.38 bits per heavy atom. The number of rotatable bonds is 12. The van der Waals surface area contributed by atoms with Gasteiger partial charge < -0.3 is 29.6 Å². The number of amides is 5. The summed E-state index contributed by atoms with van der Waals surface area (Å²) < 4.78 is 13.8. The van der Waals surface area contributed by atoms with Crippen LogP contribution in [0.1, 0.15) is 103 Å². The van der Waals surface area contributed by atoms with Gasteiger partial charge in [0.15, 0.2) is 18.2 Å². The second kappa shape index (κ2) is 17.9. The van der Waals surface area contributed by atoms with Crippen molar-refractivity contribution in [3.05, 3.63) is 80.7 Å². The smallest absolute Gasteiger partial charge is 0.293 e. The van der Waals surface area contributed by atoms with Gasteiger partial charge in [0.2, 0.25) is 17.8 Å². The van der Waals surface area contributed by atoms with Crippen LogP contribution in [0, 0.1) is 0 Å². The van der Waals surface area contributed by atoms with Crippen LogP contribution in [-0.2, 0) is 19.1 Å². The van der Waals surface area contributed by atoms with E-state index in [9.17, 15) is 28.8 Å². The molecule has 6 heterocycles. The Morgan fingerprint density at radius 1 is 0.906 bits per heavy atom. The van der Waals surface area contributed by atoms with Crippen molar-refractivity contribution in [3.8, 4) is 5.75 Å². The number of piperidine rings is 2. The van der Waals surface area contributed by atoms with E-state index < -0.39 is 29.7 Å². The van der Waals surface area contributed by atoms with Crippen molar-refractivity contribution in [1.82, 2.24) is 35.0 Å². The molecule has 18 heteroatoms. The normalized spacial score (nSPS) is 22.2. The lowest BCUT2D eigenvalue weighted by Gasteiger charge is -2.47. The molecule has 2 aromatic heterocycles. The van der Waals surface area contributed by atoms with Gasteiger partial charge in [-0.25, -0.2) is 4.98 Å². The number of carbonyl (C=O) groups is 5. The van der Waals surface area contributed by atoms with E-state index in [1.807, 2.05) is 44.2 Å². The van der Waals surface area contributed by atoms with Crippen LogP contribution >= 0.6 is 11.6 Å². The van der Waals surface area contributed by atoms with Crippen LogP contribution in [-0.4, -0.2) is 118 Å². The number of benzene rings is 2. The molecule has 4 aliphatic heterocycles. The average Bonchev–Trinajstić information content (AvgIpc) is 3.52. The highest BCUT2D eigenvalue weighted by atomic mass is 35.5. The topological polar surface area (TPSA) is 197 Å². The molecule has 64 heavy (non-hydrogen) atoms. The standard InChI is InChI=1S/C46H52ClN9O8/c1-25(2)55-36-11-7-29(18-28(36)20-38(45(55)62)63-24-40(58)48-3)50-41-35(47)21-49-46(52-41)53-16-14-31(15-17-53)64-32-22-54(23-32)30-8-4-26(5-9-30)27-6-10-33-34(19-27)44(61)56(43(33)60)37-12-13-39(57)51-42(37)59/h6-7,10-11,18-21,25-26,30-32,37H,4-5,8-9,12-17,22-24H2,1-3H3,(H,48,58)(H,49,50,52)(H,51,57,59)/t26-,30-,37?. The van der Waals surface area contributed by atoms with Gasteiger partial charge in [0.05, 0.1) is 35.0 Å². The first-order valence-corrected chi connectivity index (χ1v) is 22.5. The summed E-state index contributed by atoms with van der Waals surface area (Å²) in [6.07, 6.45) is 7.91. The summed E-state index contributed by atoms with van der Waals surface area (Å²) in [7, 11) is 1.51. The zero-order valence-corrected chi connectivity index (χ0v) is 36.9. The molecule has 336 valence electrons. The van der Waals surface area contributed by atoms with E-state index in [1.165, 1.54) is 7.05 Å². The van der Waals surface area contributed by atoms with Crippen LogP contribution in [0.2, 0.25) is 5.02 Å². The number of carbonyl (C=O) groups excluding carboxylic acids is 5. The van der Waals surface area contributed by atoms with E-state index in [-0.39, 0.29) is 60.8 Å². The number of nitrogens with one attached hydrogen (secondary N) is 3. The number of fused-ring (bicyclic) bond motifs is 2. The average molecular weight is 894 g/mol. The molecule has 4 aromatic rings. The van der Waals surface area contributed by atoms with Crippen molar-refractivity contribution in [1.29, 1.82) is 0 Å². The van der Waals surface area contributed by atoms with Crippen molar-refractivity contribution >= 4 is 69.5 Å². The number of anilines is 3. The summed E-state index contributed by atoms with van der Waals surface area (Å²) >= 11 is 6.59. The molecule has 5 aliphatic rings. The second-order valence-corrected chi connectivity index (χ2v) is 18.1. The van der Waals surface area contributed by atoms with Gasteiger partial charge in [0.25, 0.3) is 23.3 Å². The highest BCUT2D eigenvalue weighted by Gasteiger charge is 2.45. The van der Waals surface area contributed by atoms with Gasteiger partial charge in [0.1, 0.15) is 11.1 Å². The SMILES string of the molecule is CNC(=O)COc1cc2cc(Nc3nc(N4CCC(OC5CN([C@H]6CC[C@H](c7ccc8c(c7)C(=O)N(C7CCC(=O)NC7=O)C8=O)CC6)C5)CC4)ncc3Cl)ccc2n(C(C)C)c1=O. The first-order valence-electron chi connectivity index (χ1n) is 22.2. The third-order valence-electron chi connectivity index (χ3n) is 13.3. The number of nitrogens with zero attached hydrogens (tertiary/aromatic N) is 6. The molecule has 3 saturated heterocycles. The lowest BCUT2D eigenvalue weighted by Crippen LogP contribution is -2.58. The van der Waals surface area contributed by atoms with Gasteiger partial charge >= 0.3 is 0 Å². The fourth-order valence-electron chi connectivity index (χ4n) is 9.80. The third kappa shape index (κ3) is 8.55. The molecule has 4 fully saturated rings. The molecule has 2 aromatic carbocycles. The van der Waals surface area contributed by atoms with Crippen molar-refractivity contribution in [3.63, 3.8) is 0 Å². The largest absolute Gasteiger partial charge is 0.478 e. The van der Waals surface area contributed by atoms with Crippen LogP contribution < -0.4 is 31.1 Å². The molecule has 0 spiro atoms. The quantitative estimate of drug-likeness (QED) is 0.166. The van der Waals surface area contributed by atoms with Crippen molar-refractivity contribution < 1.29 is 33.4 Å². The molecular formula is C46H52ClN9O8. The minimum atomic E-state index is -0.969. The Labute approximate surface area is 374 Å². The summed E-state index contributed by atoms with van der Waals surface area (Å²) in [6.45, 7) is 6.87. The number of likely N-dealkylation sites (tertiary alicyclic amines) is 1. The molecule has 1 saturated carbocycles. The molecule has 17 nitrogen and oxygen atoms in total. The summed E-state index contributed by atoms with van der Waals surface area (Å²) in [5.74, 6) is -0.875. The minimum Gasteiger partial charge on any atom is -0.478 e. The number of aromatic nitrogens is 3. The number of halogens is 1. The van der Waals surface area contributed by atoms with Crippen LogP contribution in [0.25, 0.3) is 10.9 Å². The predicted molar refractivity (Wildman–Crippen MR) is 238 cm³/mol. The van der Waals surface area contributed by atoms with E-state index in [0.717, 1.165) is 86.1 Å². The fourth-order valence-corrected chi connectivity index (χ4v) is 9.94. The molecular weight excluding hydrogens is 842 g/mol. The van der Waals surface area contributed by atoms with Crippen LogP contribution in [0.15, 0.2) is 53.5 Å². The second-order valence-electron chi connectivity index (χ2n) is 17.7. The van der Waals surface area contributed by atoms with E-state index in [4.69, 9.17) is 26.1 Å². The molecule has 1 aliphatic carbocycles. The molecule has 1 unspecified atom stereocenters. The molecule has 0 radical (unpaired) electrons. The first-order chi connectivity index (χ1) is 30.8. The predicted octanol–water partition coefficient (Wildman–Crippen LogP) is 4.69. The highest BCUT2D eigenvalue weighted by Crippen LogP contribution is 2.39. The zero-order valence-electron chi connectivity index (χ0n) is 36.1. The van der Waals surface area contributed by atoms with Gasteiger partial charge in [0, 0.05) is 62.8 Å². The Hall–Kier alpha value is -5.91. The number of likely N-dealkylation sites (N-methyl/N-ethyl adjacent to an activating group) is 1. The van der Waals surface area contributed by atoms with Gasteiger partial charge in [-0.3, -0.25) is 43.9 Å². The lowest BCUT2D eigenvalue weighted by molar-refractivity contribution is -0.136. The van der Waals surface area contributed by atoms with E-state index >= 15 is 0 Å². The van der Waals surface area contributed by atoms with Gasteiger partial charge in [-0.2, -0.15) is 4.98 Å². The molecule has 3 N–H and O–H groups in total. The van der Waals surface area contributed by atoms with E-state index in [2.05, 4.69) is 30.7 Å². The molecule has 1 atom stereocenters. The lowest BCUT2D eigenvalue weighted by atomic mass is 9.80. The molecule has 0 bridgehead atoms. The Kier molecular flexibility index (Phi) is 12.1. The summed E-state index contributed by atoms with van der Waals surface area (Å²) in [5, 5.41) is 9.19. The zero-order chi connectivity index (χ0) is 44.8. The number of ether oxygens (including phenoxy) is 2. The Morgan fingerprint density at radius 2 is 1.66 bits per heavy atom. The number of pyridine rings is 1. The monoisotopic (exact) mass is 893 g/mol.